The molecule has 0 saturated carbocycles. The van der Waals surface area contributed by atoms with Gasteiger partial charge in [-0.15, -0.1) is 0 Å². The van der Waals surface area contributed by atoms with Crippen molar-refractivity contribution in [3.05, 3.63) is 107 Å². The maximum atomic E-state index is 14.1. The Balaban J connectivity index is 1.74. The Kier molecular flexibility index (Phi) is 6.25. The summed E-state index contributed by atoms with van der Waals surface area (Å²) in [6, 6.07) is 24.3. The predicted octanol–water partition coefficient (Wildman–Crippen LogP) is 5.33. The first-order valence-corrected chi connectivity index (χ1v) is 10.7. The molecule has 31 heavy (non-hydrogen) atoms. The Hall–Kier alpha value is -3.29. The molecule has 1 N–H and O–H groups in total. The minimum atomic E-state index is -0.549. The third-order valence-corrected chi connectivity index (χ3v) is 6.09. The van der Waals surface area contributed by atoms with Crippen LogP contribution in [0.15, 0.2) is 95.4 Å². The van der Waals surface area contributed by atoms with Crippen LogP contribution < -0.4 is 10.2 Å². The number of benzene rings is 3. The molecule has 0 aliphatic carbocycles. The molecule has 0 atom stereocenters. The number of rotatable bonds is 5. The largest absolute Gasteiger partial charge is 0.320 e. The average Bonchev–Trinajstić information content (AvgIpc) is 3.08. The second-order valence-corrected chi connectivity index (χ2v) is 8.39. The number of nitrogens with zero attached hydrogens (tertiary/aromatic N) is 1. The van der Waals surface area contributed by atoms with Crippen LogP contribution in [-0.2, 0) is 16.0 Å². The summed E-state index contributed by atoms with van der Waals surface area (Å²) in [5, 5.41) is 2.60. The van der Waals surface area contributed by atoms with E-state index in [9.17, 15) is 14.0 Å². The van der Waals surface area contributed by atoms with E-state index < -0.39 is 11.7 Å². The van der Waals surface area contributed by atoms with Crippen molar-refractivity contribution in [3.8, 4) is 0 Å². The van der Waals surface area contributed by atoms with Crippen molar-refractivity contribution >= 4 is 51.5 Å². The molecule has 0 spiro atoms. The molecular formula is C24H17FN2O2S2. The van der Waals surface area contributed by atoms with Crippen LogP contribution in [0.1, 0.15) is 5.56 Å². The van der Waals surface area contributed by atoms with E-state index in [4.69, 9.17) is 12.2 Å². The first-order valence-electron chi connectivity index (χ1n) is 9.49. The van der Waals surface area contributed by atoms with E-state index in [2.05, 4.69) is 5.32 Å². The fourth-order valence-electron chi connectivity index (χ4n) is 3.18. The second kappa shape index (κ2) is 9.24. The normalized spacial score (nSPS) is 15.2. The monoisotopic (exact) mass is 448 g/mol. The summed E-state index contributed by atoms with van der Waals surface area (Å²) in [5.41, 5.74) is 1.78. The van der Waals surface area contributed by atoms with Crippen molar-refractivity contribution in [2.75, 3.05) is 10.2 Å². The summed E-state index contributed by atoms with van der Waals surface area (Å²) in [7, 11) is 0. The van der Waals surface area contributed by atoms with Gasteiger partial charge in [0, 0.05) is 12.0 Å². The van der Waals surface area contributed by atoms with Crippen LogP contribution in [0, 0.1) is 5.82 Å². The molecule has 1 aliphatic heterocycles. The Labute approximate surface area is 188 Å². The molecule has 1 aliphatic rings. The molecule has 4 rings (SSSR count). The number of carbonyl (C=O) groups is 2. The van der Waals surface area contributed by atoms with Crippen LogP contribution in [-0.4, -0.2) is 16.1 Å². The average molecular weight is 449 g/mol. The number of thioether (sulfide) groups is 1. The number of thiocarbonyl (C=S) groups is 1. The van der Waals surface area contributed by atoms with Gasteiger partial charge in [0.05, 0.1) is 16.3 Å². The fourth-order valence-corrected chi connectivity index (χ4v) is 4.53. The highest BCUT2D eigenvalue weighted by molar-refractivity contribution is 8.27. The molecule has 3 aromatic carbocycles. The van der Waals surface area contributed by atoms with Crippen LogP contribution in [0.5, 0.6) is 0 Å². The third-order valence-electron chi connectivity index (χ3n) is 4.68. The molecule has 1 fully saturated rings. The fraction of sp³-hybridized carbons (Fsp3) is 0.0417. The zero-order chi connectivity index (χ0) is 21.8. The van der Waals surface area contributed by atoms with Gasteiger partial charge in [-0.2, -0.15) is 0 Å². The number of carbonyl (C=O) groups excluding carboxylic acids is 2. The number of nitrogens with one attached hydrogen (secondary N) is 1. The van der Waals surface area contributed by atoms with E-state index in [-0.39, 0.29) is 28.5 Å². The predicted molar refractivity (Wildman–Crippen MR) is 126 cm³/mol. The lowest BCUT2D eigenvalue weighted by molar-refractivity contribution is -0.115. The van der Waals surface area contributed by atoms with Gasteiger partial charge >= 0.3 is 0 Å². The van der Waals surface area contributed by atoms with Crippen molar-refractivity contribution in [2.24, 2.45) is 0 Å². The van der Waals surface area contributed by atoms with Gasteiger partial charge in [0.1, 0.15) is 5.82 Å². The van der Waals surface area contributed by atoms with E-state index in [0.717, 1.165) is 17.3 Å². The molecule has 4 nitrogen and oxygen atoms in total. The molecule has 0 aromatic heterocycles. The van der Waals surface area contributed by atoms with Gasteiger partial charge in [-0.1, -0.05) is 84.6 Å². The third kappa shape index (κ3) is 4.57. The van der Waals surface area contributed by atoms with Gasteiger partial charge < -0.3 is 5.32 Å². The first-order chi connectivity index (χ1) is 15.0. The van der Waals surface area contributed by atoms with Crippen molar-refractivity contribution in [3.63, 3.8) is 0 Å². The molecule has 2 amide bonds. The summed E-state index contributed by atoms with van der Waals surface area (Å²) >= 11 is 6.52. The van der Waals surface area contributed by atoms with Crippen molar-refractivity contribution < 1.29 is 14.0 Å². The van der Waals surface area contributed by atoms with E-state index in [1.807, 2.05) is 48.5 Å². The smallest absolute Gasteiger partial charge is 0.271 e. The van der Waals surface area contributed by atoms with E-state index in [0.29, 0.717) is 10.0 Å². The van der Waals surface area contributed by atoms with Crippen LogP contribution in [0.3, 0.4) is 0 Å². The molecule has 154 valence electrons. The van der Waals surface area contributed by atoms with Gasteiger partial charge in [-0.25, -0.2) is 4.39 Å². The Morgan fingerprint density at radius 1 is 0.935 bits per heavy atom. The summed E-state index contributed by atoms with van der Waals surface area (Å²) < 4.78 is 14.5. The minimum Gasteiger partial charge on any atom is -0.320 e. The summed E-state index contributed by atoms with van der Waals surface area (Å²) in [5.74, 6) is -1.45. The zero-order valence-electron chi connectivity index (χ0n) is 16.2. The number of amides is 2. The number of hydrogen-bond acceptors (Lipinski definition) is 4. The highest BCUT2D eigenvalue weighted by Crippen LogP contribution is 2.37. The highest BCUT2D eigenvalue weighted by Gasteiger charge is 2.37. The van der Waals surface area contributed by atoms with E-state index in [1.54, 1.807) is 24.3 Å². The standard InChI is InChI=1S/C24H17FN2O2S2/c25-19-13-7-8-14-20(19)26-22(28)18(15-16-9-3-1-4-10-16)21-23(29)27(24(30)31-21)17-11-5-2-6-12-17/h1-14H,15H2,(H,26,28)/b21-18+. The molecule has 0 unspecified atom stereocenters. The molecule has 3 aromatic rings. The highest BCUT2D eigenvalue weighted by atomic mass is 32.2. The molecular weight excluding hydrogens is 431 g/mol. The van der Waals surface area contributed by atoms with Crippen molar-refractivity contribution in [2.45, 2.75) is 6.42 Å². The van der Waals surface area contributed by atoms with Crippen LogP contribution in [0.2, 0.25) is 0 Å². The molecule has 0 radical (unpaired) electrons. The number of halogens is 1. The molecule has 1 heterocycles. The summed E-state index contributed by atoms with van der Waals surface area (Å²) in [4.78, 5) is 28.1. The van der Waals surface area contributed by atoms with Gasteiger partial charge in [0.2, 0.25) is 0 Å². The van der Waals surface area contributed by atoms with Gasteiger partial charge in [-0.05, 0) is 29.8 Å². The lowest BCUT2D eigenvalue weighted by Crippen LogP contribution is -2.28. The van der Waals surface area contributed by atoms with E-state index >= 15 is 0 Å². The SMILES string of the molecule is O=C(Nc1ccccc1F)/C(Cc1ccccc1)=C1/SC(=S)N(c2ccccc2)C1=O. The lowest BCUT2D eigenvalue weighted by atomic mass is 10.0. The summed E-state index contributed by atoms with van der Waals surface area (Å²) in [6.45, 7) is 0. The van der Waals surface area contributed by atoms with Crippen LogP contribution >= 0.6 is 24.0 Å². The zero-order valence-corrected chi connectivity index (χ0v) is 17.9. The van der Waals surface area contributed by atoms with Gasteiger partial charge in [-0.3, -0.25) is 14.5 Å². The molecule has 7 heteroatoms. The van der Waals surface area contributed by atoms with Crippen molar-refractivity contribution in [1.29, 1.82) is 0 Å². The van der Waals surface area contributed by atoms with Crippen LogP contribution in [0.4, 0.5) is 15.8 Å². The quantitative estimate of drug-likeness (QED) is 0.424. The first kappa shape index (κ1) is 21.0. The molecule has 0 bridgehead atoms. The summed E-state index contributed by atoms with van der Waals surface area (Å²) in [6.07, 6.45) is 0.209. The second-order valence-electron chi connectivity index (χ2n) is 6.75. The Morgan fingerprint density at radius 2 is 1.55 bits per heavy atom. The van der Waals surface area contributed by atoms with Gasteiger partial charge in [0.25, 0.3) is 11.8 Å². The number of hydrogen-bond donors (Lipinski definition) is 1. The molecule has 1 saturated heterocycles. The maximum absolute atomic E-state index is 14.1. The van der Waals surface area contributed by atoms with Crippen LogP contribution in [0.25, 0.3) is 0 Å². The Bertz CT molecular complexity index is 1180. The lowest BCUT2D eigenvalue weighted by Gasteiger charge is -2.15. The Morgan fingerprint density at radius 3 is 2.23 bits per heavy atom. The van der Waals surface area contributed by atoms with Gasteiger partial charge in [0.15, 0.2) is 4.32 Å². The maximum Gasteiger partial charge on any atom is 0.271 e. The topological polar surface area (TPSA) is 49.4 Å². The number of anilines is 2. The van der Waals surface area contributed by atoms with Crippen molar-refractivity contribution in [1.82, 2.24) is 0 Å². The minimum absolute atomic E-state index is 0.0524. The van der Waals surface area contributed by atoms with E-state index in [1.165, 1.54) is 17.0 Å². The number of para-hydroxylation sites is 2.